The molecule has 0 radical (unpaired) electrons. The maximum absolute atomic E-state index is 13.2. The van der Waals surface area contributed by atoms with Gasteiger partial charge in [0.1, 0.15) is 11.3 Å². The Kier molecular flexibility index (Phi) is 7.91. The van der Waals surface area contributed by atoms with E-state index in [0.29, 0.717) is 18.9 Å². The molecule has 0 unspecified atom stereocenters. The van der Waals surface area contributed by atoms with Crippen LogP contribution in [0.5, 0.6) is 5.75 Å². The zero-order chi connectivity index (χ0) is 23.1. The van der Waals surface area contributed by atoms with Crippen molar-refractivity contribution >= 4 is 16.9 Å². The van der Waals surface area contributed by atoms with Crippen LogP contribution in [0.25, 0.3) is 22.4 Å². The van der Waals surface area contributed by atoms with Gasteiger partial charge >= 0.3 is 0 Å². The van der Waals surface area contributed by atoms with Gasteiger partial charge in [-0.3, -0.25) is 14.2 Å². The maximum Gasteiger partial charge on any atom is 0.268 e. The molecule has 0 aliphatic rings. The van der Waals surface area contributed by atoms with E-state index in [4.69, 9.17) is 4.74 Å². The number of benzene rings is 1. The van der Waals surface area contributed by atoms with E-state index in [-0.39, 0.29) is 29.7 Å². The van der Waals surface area contributed by atoms with Crippen molar-refractivity contribution in [2.24, 2.45) is 0 Å². The number of nitrogens with zero attached hydrogens (tertiary/aromatic N) is 4. The van der Waals surface area contributed by atoms with Crippen LogP contribution >= 0.6 is 0 Å². The van der Waals surface area contributed by atoms with Crippen LogP contribution < -0.4 is 10.9 Å². The molecule has 32 heavy (non-hydrogen) atoms. The van der Waals surface area contributed by atoms with Gasteiger partial charge < -0.3 is 20.1 Å². The second-order valence-corrected chi connectivity index (χ2v) is 7.25. The third-order valence-electron chi connectivity index (χ3n) is 5.36. The summed E-state index contributed by atoms with van der Waals surface area (Å²) in [5.41, 5.74) is 0.0882. The molecule has 3 aromatic rings. The normalized spacial score (nSPS) is 11.2. The fourth-order valence-corrected chi connectivity index (χ4v) is 3.49. The number of carbonyl (C=O) groups is 1. The highest BCUT2D eigenvalue weighted by molar-refractivity contribution is 6.01. The molecule has 0 bridgehead atoms. The molecule has 3 rings (SSSR count). The van der Waals surface area contributed by atoms with Gasteiger partial charge in [-0.25, -0.2) is 9.97 Å². The smallest absolute Gasteiger partial charge is 0.268 e. The Balaban J connectivity index is 2.04. The second kappa shape index (κ2) is 10.8. The van der Waals surface area contributed by atoms with E-state index < -0.39 is 17.2 Å². The van der Waals surface area contributed by atoms with Gasteiger partial charge in [0, 0.05) is 32.0 Å². The lowest BCUT2D eigenvalue weighted by molar-refractivity contribution is 0.0944. The Morgan fingerprint density at radius 3 is 2.59 bits per heavy atom. The summed E-state index contributed by atoms with van der Waals surface area (Å²) in [5.74, 6) is -0.627. The van der Waals surface area contributed by atoms with E-state index in [9.17, 15) is 14.7 Å². The fourth-order valence-electron chi connectivity index (χ4n) is 3.49. The van der Waals surface area contributed by atoms with Gasteiger partial charge in [-0.2, -0.15) is 0 Å². The molecular formula is C23H29N5O4. The number of ether oxygens (including phenoxy) is 1. The minimum Gasteiger partial charge on any atom is -0.506 e. The van der Waals surface area contributed by atoms with Gasteiger partial charge in [0.25, 0.3) is 11.5 Å². The third kappa shape index (κ3) is 4.95. The van der Waals surface area contributed by atoms with Crippen molar-refractivity contribution in [1.29, 1.82) is 0 Å². The molecule has 0 aliphatic carbocycles. The lowest BCUT2D eigenvalue weighted by Gasteiger charge is -2.18. The van der Waals surface area contributed by atoms with Crippen molar-refractivity contribution in [3.05, 3.63) is 52.4 Å². The number of rotatable bonds is 10. The minimum atomic E-state index is -0.625. The number of hydrogen-bond acceptors (Lipinski definition) is 7. The summed E-state index contributed by atoms with van der Waals surface area (Å²) in [5, 5.41) is 13.8. The van der Waals surface area contributed by atoms with E-state index in [1.807, 2.05) is 44.2 Å². The molecular weight excluding hydrogens is 410 g/mol. The van der Waals surface area contributed by atoms with Crippen LogP contribution in [-0.2, 0) is 11.3 Å². The number of fused-ring (bicyclic) bond motifs is 1. The van der Waals surface area contributed by atoms with Crippen molar-refractivity contribution < 1.29 is 14.6 Å². The predicted octanol–water partition coefficient (Wildman–Crippen LogP) is 1.88. The quantitative estimate of drug-likeness (QED) is 0.496. The Morgan fingerprint density at radius 2 is 1.94 bits per heavy atom. The number of pyridine rings is 1. The van der Waals surface area contributed by atoms with Gasteiger partial charge in [-0.15, -0.1) is 0 Å². The van der Waals surface area contributed by atoms with E-state index in [1.165, 1.54) is 17.9 Å². The van der Waals surface area contributed by atoms with Crippen LogP contribution in [0.4, 0.5) is 0 Å². The molecule has 9 nitrogen and oxygen atoms in total. The molecule has 0 atom stereocenters. The molecule has 170 valence electrons. The lowest BCUT2D eigenvalue weighted by Crippen LogP contribution is -2.38. The first-order valence-corrected chi connectivity index (χ1v) is 10.7. The number of methoxy groups -OCH3 is 1. The van der Waals surface area contributed by atoms with E-state index in [1.54, 1.807) is 0 Å². The molecule has 1 amide bonds. The average molecular weight is 440 g/mol. The first-order chi connectivity index (χ1) is 15.5. The fraction of sp³-hybridized carbons (Fsp3) is 0.391. The Bertz CT molecular complexity index is 1130. The van der Waals surface area contributed by atoms with Crippen LogP contribution in [-0.4, -0.2) is 70.3 Å². The number of aromatic nitrogens is 3. The summed E-state index contributed by atoms with van der Waals surface area (Å²) in [6, 6.07) is 9.33. The van der Waals surface area contributed by atoms with Gasteiger partial charge in [0.05, 0.1) is 18.5 Å². The van der Waals surface area contributed by atoms with Gasteiger partial charge in [-0.05, 0) is 13.1 Å². The van der Waals surface area contributed by atoms with Crippen molar-refractivity contribution in [3.8, 4) is 17.1 Å². The molecule has 9 heteroatoms. The van der Waals surface area contributed by atoms with Gasteiger partial charge in [0.15, 0.2) is 11.5 Å². The van der Waals surface area contributed by atoms with Crippen LogP contribution in [0.3, 0.4) is 0 Å². The van der Waals surface area contributed by atoms with Gasteiger partial charge in [0.2, 0.25) is 0 Å². The van der Waals surface area contributed by atoms with Crippen LogP contribution in [0, 0.1) is 0 Å². The molecule has 2 heterocycles. The molecule has 0 aliphatic heterocycles. The molecule has 0 saturated heterocycles. The van der Waals surface area contributed by atoms with Crippen LogP contribution in [0.15, 0.2) is 41.3 Å². The van der Waals surface area contributed by atoms with Gasteiger partial charge in [-0.1, -0.05) is 44.2 Å². The van der Waals surface area contributed by atoms with Crippen molar-refractivity contribution in [2.45, 2.75) is 20.4 Å². The molecule has 0 saturated carbocycles. The summed E-state index contributed by atoms with van der Waals surface area (Å²) in [7, 11) is 1.53. The van der Waals surface area contributed by atoms with E-state index in [2.05, 4.69) is 20.2 Å². The second-order valence-electron chi connectivity index (χ2n) is 7.25. The number of aromatic hydroxyl groups is 1. The highest BCUT2D eigenvalue weighted by Gasteiger charge is 2.23. The zero-order valence-corrected chi connectivity index (χ0v) is 18.7. The van der Waals surface area contributed by atoms with Crippen LogP contribution in [0.2, 0.25) is 0 Å². The Labute approximate surface area is 186 Å². The van der Waals surface area contributed by atoms with E-state index >= 15 is 0 Å². The third-order valence-corrected chi connectivity index (χ3v) is 5.36. The average Bonchev–Trinajstić information content (AvgIpc) is 2.82. The minimum absolute atomic E-state index is 0.178. The first-order valence-electron chi connectivity index (χ1n) is 10.7. The van der Waals surface area contributed by atoms with Crippen molar-refractivity contribution in [1.82, 2.24) is 24.8 Å². The Morgan fingerprint density at radius 1 is 1.22 bits per heavy atom. The molecule has 2 N–H and O–H groups in total. The van der Waals surface area contributed by atoms with E-state index in [0.717, 1.165) is 18.7 Å². The predicted molar refractivity (Wildman–Crippen MR) is 123 cm³/mol. The standard InChI is InChI=1S/C23H29N5O4/c1-4-27(5-2)12-11-24-22(30)18-19(29)17-15-25-20(16-9-7-6-8-10-16)26-21(17)28(23(18)31)13-14-32-3/h6-10,15,29H,4-5,11-14H2,1-3H3,(H,24,30). The lowest BCUT2D eigenvalue weighted by atomic mass is 10.1. The number of likely N-dealkylation sites (N-methyl/N-ethyl adjacent to an activating group) is 1. The summed E-state index contributed by atoms with van der Waals surface area (Å²) < 4.78 is 6.49. The summed E-state index contributed by atoms with van der Waals surface area (Å²) in [6.45, 7) is 7.23. The largest absolute Gasteiger partial charge is 0.506 e. The summed E-state index contributed by atoms with van der Waals surface area (Å²) in [4.78, 5) is 37.1. The van der Waals surface area contributed by atoms with Crippen molar-refractivity contribution in [3.63, 3.8) is 0 Å². The summed E-state index contributed by atoms with van der Waals surface area (Å²) >= 11 is 0. The number of nitrogens with one attached hydrogen (secondary N) is 1. The highest BCUT2D eigenvalue weighted by Crippen LogP contribution is 2.26. The monoisotopic (exact) mass is 439 g/mol. The molecule has 0 fully saturated rings. The number of hydrogen-bond donors (Lipinski definition) is 2. The zero-order valence-electron chi connectivity index (χ0n) is 18.7. The highest BCUT2D eigenvalue weighted by atomic mass is 16.5. The van der Waals surface area contributed by atoms with Crippen LogP contribution in [0.1, 0.15) is 24.2 Å². The summed E-state index contributed by atoms with van der Waals surface area (Å²) in [6.07, 6.45) is 1.44. The molecule has 0 spiro atoms. The molecule has 1 aromatic carbocycles. The number of amides is 1. The topological polar surface area (TPSA) is 110 Å². The maximum atomic E-state index is 13.2. The SMILES string of the molecule is CCN(CC)CCNC(=O)c1c(O)c2cnc(-c3ccccc3)nc2n(CCOC)c1=O. The van der Waals surface area contributed by atoms with Crippen molar-refractivity contribution in [2.75, 3.05) is 39.9 Å². The Hall–Kier alpha value is -3.30. The first kappa shape index (κ1) is 23.4. The molecule has 2 aromatic heterocycles. The number of carbonyl (C=O) groups excluding carboxylic acids is 1.